The molecule has 0 radical (unpaired) electrons. The van der Waals surface area contributed by atoms with Gasteiger partial charge in [-0.1, -0.05) is 41.9 Å². The van der Waals surface area contributed by atoms with Gasteiger partial charge in [0.25, 0.3) is 11.8 Å². The molecule has 26 heavy (non-hydrogen) atoms. The average Bonchev–Trinajstić information content (AvgIpc) is 2.66. The topological polar surface area (TPSA) is 71.9 Å². The van der Waals surface area contributed by atoms with Crippen LogP contribution in [0.25, 0.3) is 0 Å². The Balaban J connectivity index is 1.69. The summed E-state index contributed by atoms with van der Waals surface area (Å²) in [6.07, 6.45) is 0. The molecular weight excluding hydrogens is 354 g/mol. The normalized spacial score (nSPS) is 11.5. The highest BCUT2D eigenvalue weighted by molar-refractivity contribution is 6.30. The van der Waals surface area contributed by atoms with Crippen LogP contribution in [0.2, 0.25) is 5.02 Å². The van der Waals surface area contributed by atoms with E-state index in [-0.39, 0.29) is 19.1 Å². The van der Waals surface area contributed by atoms with Gasteiger partial charge in [-0.25, -0.2) is 0 Å². The number of quaternary nitrogens is 1. The molecule has 1 unspecified atom stereocenters. The molecule has 138 valence electrons. The highest BCUT2D eigenvalue weighted by Crippen LogP contribution is 2.15. The summed E-state index contributed by atoms with van der Waals surface area (Å²) in [4.78, 5) is 24.9. The lowest BCUT2D eigenvalue weighted by atomic mass is 10.2. The first kappa shape index (κ1) is 19.8. The predicted molar refractivity (Wildman–Crippen MR) is 99.7 cm³/mol. The summed E-state index contributed by atoms with van der Waals surface area (Å²) < 4.78 is 5.31. The molecule has 2 aromatic carbocycles. The molecule has 0 aliphatic carbocycles. The first-order valence-electron chi connectivity index (χ1n) is 8.40. The minimum atomic E-state index is -0.436. The third kappa shape index (κ3) is 7.13. The van der Waals surface area contributed by atoms with Crippen LogP contribution in [-0.4, -0.2) is 31.5 Å². The van der Waals surface area contributed by atoms with E-state index >= 15 is 0 Å². The number of carbonyl (C=O) groups is 2. The van der Waals surface area contributed by atoms with E-state index in [4.69, 9.17) is 16.3 Å². The summed E-state index contributed by atoms with van der Waals surface area (Å²) in [7, 11) is 0. The zero-order valence-corrected chi connectivity index (χ0v) is 15.4. The molecule has 3 N–H and O–H groups in total. The highest BCUT2D eigenvalue weighted by atomic mass is 35.5. The number of hydrogen-bond acceptors (Lipinski definition) is 3. The van der Waals surface area contributed by atoms with Gasteiger partial charge in [-0.2, -0.15) is 0 Å². The second-order valence-corrected chi connectivity index (χ2v) is 6.22. The molecule has 0 aliphatic rings. The van der Waals surface area contributed by atoms with Gasteiger partial charge in [0.15, 0.2) is 13.2 Å². The molecule has 0 spiro atoms. The number of hydrazine groups is 1. The zero-order valence-electron chi connectivity index (χ0n) is 14.6. The van der Waals surface area contributed by atoms with Crippen molar-refractivity contribution < 1.29 is 19.2 Å². The number of carbonyl (C=O) groups excluding carboxylic acids is 2. The van der Waals surface area contributed by atoms with E-state index in [0.717, 1.165) is 23.6 Å². The molecule has 0 fully saturated rings. The minimum Gasteiger partial charge on any atom is -0.484 e. The fourth-order valence-electron chi connectivity index (χ4n) is 2.32. The Morgan fingerprint density at radius 1 is 1.00 bits per heavy atom. The molecule has 0 aromatic heterocycles. The van der Waals surface area contributed by atoms with E-state index in [1.54, 1.807) is 24.3 Å². The van der Waals surface area contributed by atoms with Crippen LogP contribution in [-0.2, 0) is 16.1 Å². The van der Waals surface area contributed by atoms with Gasteiger partial charge < -0.3 is 9.64 Å². The van der Waals surface area contributed by atoms with Crippen molar-refractivity contribution in [3.8, 4) is 5.75 Å². The second kappa shape index (κ2) is 10.4. The minimum absolute atomic E-state index is 0.198. The molecule has 0 saturated carbocycles. The van der Waals surface area contributed by atoms with Crippen molar-refractivity contribution in [1.29, 1.82) is 0 Å². The van der Waals surface area contributed by atoms with Crippen LogP contribution in [0.15, 0.2) is 54.6 Å². The average molecular weight is 377 g/mol. The molecule has 0 bridgehead atoms. The van der Waals surface area contributed by atoms with Crippen molar-refractivity contribution in [1.82, 2.24) is 10.9 Å². The highest BCUT2D eigenvalue weighted by Gasteiger charge is 2.14. The maximum absolute atomic E-state index is 12.0. The van der Waals surface area contributed by atoms with Crippen molar-refractivity contribution in [2.45, 2.75) is 13.5 Å². The first-order chi connectivity index (χ1) is 12.6. The third-order valence-electron chi connectivity index (χ3n) is 3.73. The molecule has 7 heteroatoms. The maximum atomic E-state index is 12.0. The molecule has 1 atom stereocenters. The maximum Gasteiger partial charge on any atom is 0.293 e. The monoisotopic (exact) mass is 376 g/mol. The van der Waals surface area contributed by atoms with E-state index in [1.807, 2.05) is 37.3 Å². The van der Waals surface area contributed by atoms with Crippen LogP contribution in [0.5, 0.6) is 5.75 Å². The Bertz CT molecular complexity index is 708. The summed E-state index contributed by atoms with van der Waals surface area (Å²) in [5.74, 6) is -0.160. The lowest BCUT2D eigenvalue weighted by molar-refractivity contribution is -0.904. The Kier molecular flexibility index (Phi) is 7.92. The van der Waals surface area contributed by atoms with E-state index < -0.39 is 5.91 Å². The largest absolute Gasteiger partial charge is 0.484 e. The lowest BCUT2D eigenvalue weighted by Gasteiger charge is -2.17. The summed E-state index contributed by atoms with van der Waals surface area (Å²) in [6.45, 7) is 3.64. The zero-order chi connectivity index (χ0) is 18.8. The number of halogens is 1. The standard InChI is InChI=1S/C19H22ClN3O3/c1-2-23(12-15-6-4-3-5-7-15)13-18(24)21-22-19(25)14-26-17-10-8-16(20)9-11-17/h3-11H,2,12-14H2,1H3,(H,21,24)(H,22,25)/p+1. The molecule has 0 heterocycles. The van der Waals surface area contributed by atoms with Crippen molar-refractivity contribution in [2.24, 2.45) is 0 Å². The molecule has 2 amide bonds. The van der Waals surface area contributed by atoms with Crippen LogP contribution in [0.4, 0.5) is 0 Å². The number of rotatable bonds is 8. The van der Waals surface area contributed by atoms with E-state index in [2.05, 4.69) is 10.9 Å². The molecule has 2 aromatic rings. The van der Waals surface area contributed by atoms with E-state index in [0.29, 0.717) is 10.8 Å². The van der Waals surface area contributed by atoms with Crippen LogP contribution >= 0.6 is 11.6 Å². The van der Waals surface area contributed by atoms with E-state index in [9.17, 15) is 9.59 Å². The van der Waals surface area contributed by atoms with Gasteiger partial charge in [-0.3, -0.25) is 20.4 Å². The number of ether oxygens (including phenoxy) is 1. The van der Waals surface area contributed by atoms with Gasteiger partial charge in [0.2, 0.25) is 0 Å². The van der Waals surface area contributed by atoms with Crippen molar-refractivity contribution in [3.05, 3.63) is 65.2 Å². The molecule has 6 nitrogen and oxygen atoms in total. The van der Waals surface area contributed by atoms with Crippen molar-refractivity contribution >= 4 is 23.4 Å². The summed E-state index contributed by atoms with van der Waals surface area (Å²) >= 11 is 5.78. The SMILES string of the molecule is CC[NH+](CC(=O)NNC(=O)COc1ccc(Cl)cc1)Cc1ccccc1. The van der Waals surface area contributed by atoms with Gasteiger partial charge in [0, 0.05) is 10.6 Å². The quantitative estimate of drug-likeness (QED) is 0.601. The number of hydrogen-bond donors (Lipinski definition) is 3. The second-order valence-electron chi connectivity index (χ2n) is 5.78. The van der Waals surface area contributed by atoms with E-state index in [1.165, 1.54) is 0 Å². The molecule has 0 saturated heterocycles. The lowest BCUT2D eigenvalue weighted by Crippen LogP contribution is -3.11. The number of nitrogens with one attached hydrogen (secondary N) is 3. The van der Waals surface area contributed by atoms with Gasteiger partial charge in [0.1, 0.15) is 12.3 Å². The van der Waals surface area contributed by atoms with Gasteiger partial charge in [-0.15, -0.1) is 0 Å². The smallest absolute Gasteiger partial charge is 0.293 e. The Morgan fingerprint density at radius 3 is 2.31 bits per heavy atom. The van der Waals surface area contributed by atoms with Crippen LogP contribution in [0.3, 0.4) is 0 Å². The van der Waals surface area contributed by atoms with Gasteiger partial charge in [0.05, 0.1) is 6.54 Å². The summed E-state index contributed by atoms with van der Waals surface area (Å²) in [5, 5.41) is 0.590. The van der Waals surface area contributed by atoms with Crippen LogP contribution < -0.4 is 20.5 Å². The Labute approximate surface area is 158 Å². The summed E-state index contributed by atoms with van der Waals surface area (Å²) in [5.41, 5.74) is 5.94. The Morgan fingerprint density at radius 2 is 1.65 bits per heavy atom. The predicted octanol–water partition coefficient (Wildman–Crippen LogP) is 0.971. The van der Waals surface area contributed by atoms with Gasteiger partial charge >= 0.3 is 0 Å². The van der Waals surface area contributed by atoms with Gasteiger partial charge in [-0.05, 0) is 31.2 Å². The van der Waals surface area contributed by atoms with Crippen molar-refractivity contribution in [2.75, 3.05) is 19.7 Å². The van der Waals surface area contributed by atoms with Crippen LogP contribution in [0, 0.1) is 0 Å². The van der Waals surface area contributed by atoms with Crippen molar-refractivity contribution in [3.63, 3.8) is 0 Å². The molecule has 0 aliphatic heterocycles. The fraction of sp³-hybridized carbons (Fsp3) is 0.263. The molecular formula is C19H23ClN3O3+. The number of amides is 2. The first-order valence-corrected chi connectivity index (χ1v) is 8.78. The third-order valence-corrected chi connectivity index (χ3v) is 3.98. The van der Waals surface area contributed by atoms with Crippen LogP contribution in [0.1, 0.15) is 12.5 Å². The Hall–Kier alpha value is -2.57. The fourth-order valence-corrected chi connectivity index (χ4v) is 2.45. The number of benzene rings is 2. The summed E-state index contributed by atoms with van der Waals surface area (Å²) in [6, 6.07) is 16.7. The number of likely N-dealkylation sites (N-methyl/N-ethyl adjacent to an activating group) is 1. The molecule has 2 rings (SSSR count).